The molecule has 0 spiro atoms. The van der Waals surface area contributed by atoms with Gasteiger partial charge in [0, 0.05) is 16.7 Å². The van der Waals surface area contributed by atoms with E-state index >= 15 is 0 Å². The minimum absolute atomic E-state index is 0.167. The van der Waals surface area contributed by atoms with E-state index in [0.29, 0.717) is 13.1 Å². The van der Waals surface area contributed by atoms with Crippen molar-refractivity contribution in [3.8, 4) is 0 Å². The van der Waals surface area contributed by atoms with Crippen LogP contribution < -0.4 is 0 Å². The van der Waals surface area contributed by atoms with Crippen LogP contribution in [0.15, 0.2) is 18.2 Å². The van der Waals surface area contributed by atoms with Gasteiger partial charge in [0.2, 0.25) is 0 Å². The number of rotatable bonds is 1. The van der Waals surface area contributed by atoms with Gasteiger partial charge in [-0.05, 0) is 61.6 Å². The molecule has 0 bridgehead atoms. The first kappa shape index (κ1) is 14.6. The monoisotopic (exact) mass is 400 g/mol. The summed E-state index contributed by atoms with van der Waals surface area (Å²) in [6.45, 7) is 6.83. The van der Waals surface area contributed by atoms with Gasteiger partial charge in [-0.15, -0.1) is 5.10 Å². The highest BCUT2D eigenvalue weighted by Gasteiger charge is 2.36. The maximum absolute atomic E-state index is 11.9. The van der Waals surface area contributed by atoms with Crippen LogP contribution in [-0.2, 0) is 4.74 Å². The average Bonchev–Trinajstić information content (AvgIpc) is 2.68. The highest BCUT2D eigenvalue weighted by Crippen LogP contribution is 2.26. The highest BCUT2D eigenvalue weighted by atomic mass is 127. The van der Waals surface area contributed by atoms with Crippen molar-refractivity contribution < 1.29 is 9.53 Å². The summed E-state index contributed by atoms with van der Waals surface area (Å²) in [6, 6.07) is 6.20. The number of carbonyl (C=O) groups excluding carboxylic acids is 1. The molecule has 7 heteroatoms. The molecule has 1 aromatic heterocycles. The average molecular weight is 400 g/mol. The summed E-state index contributed by atoms with van der Waals surface area (Å²) >= 11 is 2.27. The van der Waals surface area contributed by atoms with Crippen LogP contribution in [0.2, 0.25) is 0 Å². The van der Waals surface area contributed by atoms with Crippen LogP contribution in [0.25, 0.3) is 11.0 Å². The van der Waals surface area contributed by atoms with Crippen molar-refractivity contribution in [1.29, 1.82) is 0 Å². The Bertz CT molecular complexity index is 686. The number of hydrogen-bond donors (Lipinski definition) is 0. The van der Waals surface area contributed by atoms with Crippen LogP contribution >= 0.6 is 22.6 Å². The first-order chi connectivity index (χ1) is 9.83. The van der Waals surface area contributed by atoms with E-state index in [1.165, 1.54) is 0 Å². The molecule has 1 saturated heterocycles. The van der Waals surface area contributed by atoms with Gasteiger partial charge in [0.05, 0.1) is 11.6 Å². The number of benzene rings is 1. The third kappa shape index (κ3) is 2.97. The van der Waals surface area contributed by atoms with Crippen molar-refractivity contribution in [3.63, 3.8) is 0 Å². The summed E-state index contributed by atoms with van der Waals surface area (Å²) in [7, 11) is 0. The predicted octanol–water partition coefficient (Wildman–Crippen LogP) is 2.83. The molecule has 0 N–H and O–H groups in total. The number of hydrogen-bond acceptors (Lipinski definition) is 4. The zero-order valence-corrected chi connectivity index (χ0v) is 14.4. The number of likely N-dealkylation sites (tertiary alicyclic amines) is 1. The molecular weight excluding hydrogens is 383 g/mol. The second-order valence-electron chi connectivity index (χ2n) is 6.21. The van der Waals surface area contributed by atoms with Crippen LogP contribution in [0.1, 0.15) is 26.8 Å². The van der Waals surface area contributed by atoms with Gasteiger partial charge in [0.25, 0.3) is 0 Å². The van der Waals surface area contributed by atoms with E-state index in [-0.39, 0.29) is 12.1 Å². The van der Waals surface area contributed by atoms with E-state index in [1.807, 2.05) is 37.6 Å². The number of halogens is 1. The molecular formula is C14H17IN4O2. The largest absolute Gasteiger partial charge is 0.444 e. The van der Waals surface area contributed by atoms with E-state index < -0.39 is 5.60 Å². The van der Waals surface area contributed by atoms with Gasteiger partial charge in [-0.1, -0.05) is 5.21 Å². The fourth-order valence-corrected chi connectivity index (χ4v) is 2.74. The molecule has 0 atom stereocenters. The number of aromatic nitrogens is 3. The molecule has 1 aliphatic rings. The van der Waals surface area contributed by atoms with Gasteiger partial charge in [0.1, 0.15) is 11.1 Å². The minimum atomic E-state index is -0.460. The molecule has 1 fully saturated rings. The lowest BCUT2D eigenvalue weighted by molar-refractivity contribution is -0.0000724. The van der Waals surface area contributed by atoms with E-state index in [0.717, 1.165) is 14.6 Å². The molecule has 0 radical (unpaired) electrons. The van der Waals surface area contributed by atoms with Crippen LogP contribution in [-0.4, -0.2) is 44.7 Å². The maximum atomic E-state index is 11.9. The predicted molar refractivity (Wildman–Crippen MR) is 87.1 cm³/mol. The zero-order valence-electron chi connectivity index (χ0n) is 12.2. The van der Waals surface area contributed by atoms with Gasteiger partial charge < -0.3 is 9.64 Å². The van der Waals surface area contributed by atoms with E-state index in [1.54, 1.807) is 4.90 Å². The van der Waals surface area contributed by atoms with E-state index in [9.17, 15) is 4.79 Å². The first-order valence-corrected chi connectivity index (χ1v) is 7.90. The second kappa shape index (κ2) is 5.11. The van der Waals surface area contributed by atoms with Gasteiger partial charge in [-0.2, -0.15) is 0 Å². The molecule has 3 rings (SSSR count). The lowest BCUT2D eigenvalue weighted by Gasteiger charge is -2.39. The molecule has 0 saturated carbocycles. The van der Waals surface area contributed by atoms with Crippen molar-refractivity contribution in [3.05, 3.63) is 21.8 Å². The van der Waals surface area contributed by atoms with Gasteiger partial charge in [-0.3, -0.25) is 0 Å². The highest BCUT2D eigenvalue weighted by molar-refractivity contribution is 14.1. The lowest BCUT2D eigenvalue weighted by atomic mass is 10.1. The van der Waals surface area contributed by atoms with Crippen LogP contribution in [0.5, 0.6) is 0 Å². The summed E-state index contributed by atoms with van der Waals surface area (Å²) in [5.74, 6) is 0. The summed E-state index contributed by atoms with van der Waals surface area (Å²) in [5, 5.41) is 8.38. The van der Waals surface area contributed by atoms with Crippen LogP contribution in [0.4, 0.5) is 4.79 Å². The molecule has 1 aliphatic heterocycles. The zero-order chi connectivity index (χ0) is 15.2. The van der Waals surface area contributed by atoms with Crippen LogP contribution in [0.3, 0.4) is 0 Å². The Morgan fingerprint density at radius 1 is 1.38 bits per heavy atom. The Morgan fingerprint density at radius 2 is 2.10 bits per heavy atom. The minimum Gasteiger partial charge on any atom is -0.444 e. The molecule has 0 aliphatic carbocycles. The first-order valence-electron chi connectivity index (χ1n) is 6.82. The Balaban J connectivity index is 1.70. The van der Waals surface area contributed by atoms with Gasteiger partial charge >= 0.3 is 6.09 Å². The standard InChI is InChI=1S/C14H17IN4O2/c1-14(2,3)21-13(20)18-7-10(8-18)19-12-6-9(15)4-5-11(12)16-17-19/h4-6,10H,7-8H2,1-3H3. The number of fused-ring (bicyclic) bond motifs is 1. The molecule has 6 nitrogen and oxygen atoms in total. The molecule has 1 aromatic carbocycles. The van der Waals surface area contributed by atoms with Crippen molar-refractivity contribution in [2.45, 2.75) is 32.4 Å². The topological polar surface area (TPSA) is 60.2 Å². The maximum Gasteiger partial charge on any atom is 0.410 e. The molecule has 2 aromatic rings. The number of ether oxygens (including phenoxy) is 1. The van der Waals surface area contributed by atoms with Crippen molar-refractivity contribution in [1.82, 2.24) is 19.9 Å². The molecule has 1 amide bonds. The van der Waals surface area contributed by atoms with Gasteiger partial charge in [-0.25, -0.2) is 9.48 Å². The Hall–Kier alpha value is -1.38. The second-order valence-corrected chi connectivity index (χ2v) is 7.45. The summed E-state index contributed by atoms with van der Waals surface area (Å²) in [6.07, 6.45) is -0.266. The third-order valence-corrected chi connectivity index (χ3v) is 3.96. The Kier molecular flexibility index (Phi) is 3.54. The number of amides is 1. The van der Waals surface area contributed by atoms with Crippen molar-refractivity contribution in [2.75, 3.05) is 13.1 Å². The Labute approximate surface area is 136 Å². The van der Waals surface area contributed by atoms with Crippen LogP contribution in [0, 0.1) is 3.57 Å². The summed E-state index contributed by atoms with van der Waals surface area (Å²) < 4.78 is 8.40. The van der Waals surface area contributed by atoms with Crippen molar-refractivity contribution in [2.24, 2.45) is 0 Å². The van der Waals surface area contributed by atoms with E-state index in [2.05, 4.69) is 39.0 Å². The quantitative estimate of drug-likeness (QED) is 0.691. The molecule has 112 valence electrons. The van der Waals surface area contributed by atoms with Crippen molar-refractivity contribution >= 4 is 39.7 Å². The third-order valence-electron chi connectivity index (χ3n) is 3.29. The molecule has 0 unspecified atom stereocenters. The summed E-state index contributed by atoms with van der Waals surface area (Å²) in [5.41, 5.74) is 1.43. The molecule has 21 heavy (non-hydrogen) atoms. The molecule has 2 heterocycles. The number of carbonyl (C=O) groups is 1. The fraction of sp³-hybridized carbons (Fsp3) is 0.500. The normalized spacial score (nSPS) is 16.1. The summed E-state index contributed by atoms with van der Waals surface area (Å²) in [4.78, 5) is 13.6. The lowest BCUT2D eigenvalue weighted by Crippen LogP contribution is -2.52. The smallest absolute Gasteiger partial charge is 0.410 e. The number of nitrogens with zero attached hydrogens (tertiary/aromatic N) is 4. The fourth-order valence-electron chi connectivity index (χ4n) is 2.26. The Morgan fingerprint density at radius 3 is 2.76 bits per heavy atom. The van der Waals surface area contributed by atoms with Gasteiger partial charge in [0.15, 0.2) is 0 Å². The SMILES string of the molecule is CC(C)(C)OC(=O)N1CC(n2nnc3ccc(I)cc32)C1. The van der Waals surface area contributed by atoms with E-state index in [4.69, 9.17) is 4.74 Å².